The molecule has 0 saturated heterocycles. The van der Waals surface area contributed by atoms with Crippen LogP contribution in [-0.4, -0.2) is 10.2 Å². The second-order valence-electron chi connectivity index (χ2n) is 4.35. The third kappa shape index (κ3) is 2.42. The minimum Gasteiger partial charge on any atom is -0.399 e. The number of rotatable bonds is 2. The Hall–Kier alpha value is -1.32. The molecule has 1 aromatic heterocycles. The molecule has 94 valence electrons. The Labute approximate surface area is 116 Å². The summed E-state index contributed by atoms with van der Waals surface area (Å²) in [6.45, 7) is 4.17. The molecule has 0 atom stereocenters. The van der Waals surface area contributed by atoms with Crippen molar-refractivity contribution in [3.63, 3.8) is 0 Å². The van der Waals surface area contributed by atoms with Gasteiger partial charge in [-0.2, -0.15) is 10.2 Å². The van der Waals surface area contributed by atoms with Crippen molar-refractivity contribution in [1.82, 2.24) is 10.2 Å². The van der Waals surface area contributed by atoms with Crippen molar-refractivity contribution in [3.05, 3.63) is 40.0 Å². The molecular formula is C13H13Cl2N3. The minimum absolute atomic E-state index is 0.306. The smallest absolute Gasteiger partial charge is 0.0994 e. The van der Waals surface area contributed by atoms with Gasteiger partial charge < -0.3 is 5.73 Å². The summed E-state index contributed by atoms with van der Waals surface area (Å²) in [5, 5.41) is 9.05. The van der Waals surface area contributed by atoms with Crippen molar-refractivity contribution in [1.29, 1.82) is 0 Å². The number of halogens is 2. The van der Waals surface area contributed by atoms with Gasteiger partial charge in [0.1, 0.15) is 0 Å². The summed E-state index contributed by atoms with van der Waals surface area (Å²) in [6, 6.07) is 5.26. The van der Waals surface area contributed by atoms with Gasteiger partial charge in [-0.1, -0.05) is 37.0 Å². The molecule has 0 aliphatic carbocycles. The summed E-state index contributed by atoms with van der Waals surface area (Å²) in [4.78, 5) is 0. The number of nitrogens with two attached hydrogens (primary N) is 1. The molecule has 0 radical (unpaired) electrons. The van der Waals surface area contributed by atoms with Crippen molar-refractivity contribution < 1.29 is 0 Å². The molecule has 5 heteroatoms. The molecule has 0 amide bonds. The average Bonchev–Trinajstić information content (AvgIpc) is 2.28. The van der Waals surface area contributed by atoms with E-state index in [1.54, 1.807) is 18.3 Å². The van der Waals surface area contributed by atoms with E-state index in [0.717, 1.165) is 5.56 Å². The quantitative estimate of drug-likeness (QED) is 0.841. The monoisotopic (exact) mass is 281 g/mol. The molecule has 3 nitrogen and oxygen atoms in total. The highest BCUT2D eigenvalue weighted by atomic mass is 35.5. The molecule has 0 aliphatic rings. The fourth-order valence-electron chi connectivity index (χ4n) is 1.82. The van der Waals surface area contributed by atoms with Crippen LogP contribution in [0.15, 0.2) is 24.4 Å². The van der Waals surface area contributed by atoms with Gasteiger partial charge in [-0.25, -0.2) is 0 Å². The first-order valence-electron chi connectivity index (χ1n) is 5.57. The summed E-state index contributed by atoms with van der Waals surface area (Å²) >= 11 is 12.4. The van der Waals surface area contributed by atoms with Crippen LogP contribution in [0.4, 0.5) is 5.69 Å². The van der Waals surface area contributed by atoms with Crippen LogP contribution in [0.1, 0.15) is 25.3 Å². The number of nitrogen functional groups attached to an aromatic ring is 1. The lowest BCUT2D eigenvalue weighted by Gasteiger charge is -2.13. The number of benzene rings is 1. The fourth-order valence-corrected chi connectivity index (χ4v) is 2.50. The summed E-state index contributed by atoms with van der Waals surface area (Å²) in [6.07, 6.45) is 1.66. The molecule has 0 saturated carbocycles. The van der Waals surface area contributed by atoms with Crippen LogP contribution in [0.3, 0.4) is 0 Å². The van der Waals surface area contributed by atoms with Gasteiger partial charge in [0, 0.05) is 17.4 Å². The molecule has 0 aliphatic heterocycles. The van der Waals surface area contributed by atoms with E-state index in [2.05, 4.69) is 24.0 Å². The van der Waals surface area contributed by atoms with E-state index in [-0.39, 0.29) is 0 Å². The topological polar surface area (TPSA) is 51.8 Å². The van der Waals surface area contributed by atoms with Crippen LogP contribution in [0, 0.1) is 0 Å². The lowest BCUT2D eigenvalue weighted by molar-refractivity contribution is 0.846. The van der Waals surface area contributed by atoms with Gasteiger partial charge in [0.05, 0.1) is 15.7 Å². The zero-order valence-electron chi connectivity index (χ0n) is 10.1. The van der Waals surface area contributed by atoms with E-state index in [1.807, 2.05) is 6.07 Å². The highest BCUT2D eigenvalue weighted by molar-refractivity contribution is 6.39. The molecule has 0 unspecified atom stereocenters. The number of anilines is 1. The van der Waals surface area contributed by atoms with Gasteiger partial charge in [0.2, 0.25) is 0 Å². The fraction of sp³-hybridized carbons (Fsp3) is 0.231. The van der Waals surface area contributed by atoms with Crippen molar-refractivity contribution in [2.75, 3.05) is 5.73 Å². The van der Waals surface area contributed by atoms with E-state index < -0.39 is 0 Å². The Kier molecular flexibility index (Phi) is 3.73. The molecule has 0 bridgehead atoms. The first-order chi connectivity index (χ1) is 8.50. The number of aromatic nitrogens is 2. The zero-order chi connectivity index (χ0) is 13.3. The van der Waals surface area contributed by atoms with Crippen molar-refractivity contribution in [2.24, 2.45) is 0 Å². The molecular weight excluding hydrogens is 269 g/mol. The highest BCUT2D eigenvalue weighted by Gasteiger charge is 2.16. The standard InChI is InChI=1S/C13H13Cl2N3/c1-7(2)9-3-4-17-18-13(9)12-10(14)5-8(16)6-11(12)15/h3-7H,16H2,1-2H3. The lowest BCUT2D eigenvalue weighted by Crippen LogP contribution is -1.99. The molecule has 1 aromatic carbocycles. The van der Waals surface area contributed by atoms with E-state index in [1.165, 1.54) is 0 Å². The summed E-state index contributed by atoms with van der Waals surface area (Å²) < 4.78 is 0. The average molecular weight is 282 g/mol. The predicted molar refractivity (Wildman–Crippen MR) is 76.0 cm³/mol. The second kappa shape index (κ2) is 5.12. The van der Waals surface area contributed by atoms with Gasteiger partial charge in [-0.05, 0) is 29.7 Å². The van der Waals surface area contributed by atoms with Crippen LogP contribution in [-0.2, 0) is 0 Å². The molecule has 1 heterocycles. The Morgan fingerprint density at radius 2 is 1.78 bits per heavy atom. The number of hydrogen-bond acceptors (Lipinski definition) is 3. The first-order valence-corrected chi connectivity index (χ1v) is 6.32. The molecule has 0 spiro atoms. The van der Waals surface area contributed by atoms with Crippen LogP contribution < -0.4 is 5.73 Å². The maximum Gasteiger partial charge on any atom is 0.0994 e. The van der Waals surface area contributed by atoms with Gasteiger partial charge >= 0.3 is 0 Å². The Morgan fingerprint density at radius 1 is 1.17 bits per heavy atom. The van der Waals surface area contributed by atoms with Crippen molar-refractivity contribution >= 4 is 28.9 Å². The van der Waals surface area contributed by atoms with Crippen LogP contribution in [0.25, 0.3) is 11.3 Å². The Balaban J connectivity index is 2.70. The first kappa shape index (κ1) is 13.1. The maximum atomic E-state index is 6.21. The zero-order valence-corrected chi connectivity index (χ0v) is 11.6. The summed E-state index contributed by atoms with van der Waals surface area (Å²) in [5.74, 6) is 0.306. The van der Waals surface area contributed by atoms with E-state index in [9.17, 15) is 0 Å². The summed E-state index contributed by atoms with van der Waals surface area (Å²) in [7, 11) is 0. The van der Waals surface area contributed by atoms with Gasteiger partial charge in [0.25, 0.3) is 0 Å². The Morgan fingerprint density at radius 3 is 2.33 bits per heavy atom. The van der Waals surface area contributed by atoms with Gasteiger partial charge in [0.15, 0.2) is 0 Å². The molecule has 2 rings (SSSR count). The predicted octanol–water partition coefficient (Wildman–Crippen LogP) is 4.16. The molecule has 2 N–H and O–H groups in total. The van der Waals surface area contributed by atoms with Gasteiger partial charge in [-0.3, -0.25) is 0 Å². The SMILES string of the molecule is CC(C)c1ccnnc1-c1c(Cl)cc(N)cc1Cl. The van der Waals surface area contributed by atoms with Crippen LogP contribution >= 0.6 is 23.2 Å². The van der Waals surface area contributed by atoms with E-state index >= 15 is 0 Å². The third-order valence-electron chi connectivity index (χ3n) is 2.68. The highest BCUT2D eigenvalue weighted by Crippen LogP contribution is 2.38. The molecule has 2 aromatic rings. The molecule has 0 fully saturated rings. The third-order valence-corrected chi connectivity index (χ3v) is 3.27. The van der Waals surface area contributed by atoms with E-state index in [0.29, 0.717) is 32.9 Å². The van der Waals surface area contributed by atoms with Gasteiger partial charge in [-0.15, -0.1) is 0 Å². The Bertz CT molecular complexity index is 559. The second-order valence-corrected chi connectivity index (χ2v) is 5.16. The number of hydrogen-bond donors (Lipinski definition) is 1. The summed E-state index contributed by atoms with van der Waals surface area (Å²) in [5.41, 5.74) is 8.68. The number of nitrogens with zero attached hydrogens (tertiary/aromatic N) is 2. The molecule has 18 heavy (non-hydrogen) atoms. The van der Waals surface area contributed by atoms with E-state index in [4.69, 9.17) is 28.9 Å². The van der Waals surface area contributed by atoms with Crippen LogP contribution in [0.2, 0.25) is 10.0 Å². The normalized spacial score (nSPS) is 10.9. The minimum atomic E-state index is 0.306. The maximum absolute atomic E-state index is 6.21. The largest absolute Gasteiger partial charge is 0.399 e. The lowest BCUT2D eigenvalue weighted by atomic mass is 9.98. The van der Waals surface area contributed by atoms with Crippen LogP contribution in [0.5, 0.6) is 0 Å². The van der Waals surface area contributed by atoms with Crippen molar-refractivity contribution in [3.8, 4) is 11.3 Å². The van der Waals surface area contributed by atoms with Crippen molar-refractivity contribution in [2.45, 2.75) is 19.8 Å².